The normalized spacial score (nSPS) is 10.2. The molecular weight excluding hydrogens is 236 g/mol. The first kappa shape index (κ1) is 11.6. The van der Waals surface area contributed by atoms with Crippen LogP contribution in [0.3, 0.4) is 0 Å². The minimum atomic E-state index is -0.238. The summed E-state index contributed by atoms with van der Waals surface area (Å²) in [6, 6.07) is 9.25. The van der Waals surface area contributed by atoms with Crippen LogP contribution in [-0.4, -0.2) is 16.7 Å². The number of benzene rings is 1. The lowest BCUT2D eigenvalue weighted by molar-refractivity contribution is 0.416. The third-order valence-corrected chi connectivity index (χ3v) is 2.77. The molecule has 0 saturated heterocycles. The Labute approximate surface area is 104 Å². The van der Waals surface area contributed by atoms with Crippen molar-refractivity contribution in [1.82, 2.24) is 9.55 Å². The van der Waals surface area contributed by atoms with Crippen molar-refractivity contribution in [2.24, 2.45) is 7.05 Å². The fourth-order valence-electron chi connectivity index (χ4n) is 1.67. The summed E-state index contributed by atoms with van der Waals surface area (Å²) in [5, 5.41) is 0. The van der Waals surface area contributed by atoms with Crippen LogP contribution in [0.15, 0.2) is 35.1 Å². The van der Waals surface area contributed by atoms with E-state index in [2.05, 4.69) is 4.98 Å². The molecule has 2 rings (SSSR count). The Bertz CT molecular complexity index is 658. The average molecular weight is 248 g/mol. The van der Waals surface area contributed by atoms with Gasteiger partial charge in [-0.25, -0.2) is 4.79 Å². The maximum absolute atomic E-state index is 11.6. The topological polar surface area (TPSA) is 47.0 Å². The van der Waals surface area contributed by atoms with Crippen LogP contribution in [0.4, 0.5) is 0 Å². The van der Waals surface area contributed by atoms with Gasteiger partial charge in [-0.05, 0) is 18.2 Å². The molecule has 0 aliphatic carbocycles. The molecule has 0 atom stereocenters. The zero-order chi connectivity index (χ0) is 12.4. The molecule has 0 aliphatic heterocycles. The van der Waals surface area contributed by atoms with E-state index in [0.717, 1.165) is 11.3 Å². The van der Waals surface area contributed by atoms with Gasteiger partial charge in [-0.3, -0.25) is 9.55 Å². The minimum Gasteiger partial charge on any atom is -0.496 e. The predicted molar refractivity (Wildman–Crippen MR) is 68.9 cm³/mol. The summed E-state index contributed by atoms with van der Waals surface area (Å²) in [6.07, 6.45) is 0. The molecule has 1 heterocycles. The monoisotopic (exact) mass is 248 g/mol. The molecule has 0 bridgehead atoms. The Balaban J connectivity index is 2.77. The van der Waals surface area contributed by atoms with Gasteiger partial charge in [-0.1, -0.05) is 24.4 Å². The molecule has 0 spiro atoms. The smallest absolute Gasteiger partial charge is 0.326 e. The highest BCUT2D eigenvalue weighted by molar-refractivity contribution is 7.71. The van der Waals surface area contributed by atoms with Crippen LogP contribution in [0, 0.1) is 4.64 Å². The number of para-hydroxylation sites is 1. The van der Waals surface area contributed by atoms with Gasteiger partial charge in [0.1, 0.15) is 10.4 Å². The molecule has 5 heteroatoms. The molecule has 88 valence electrons. The summed E-state index contributed by atoms with van der Waals surface area (Å²) in [5.41, 5.74) is 1.34. The van der Waals surface area contributed by atoms with Gasteiger partial charge in [0.25, 0.3) is 0 Å². The number of nitrogens with one attached hydrogen (secondary N) is 1. The lowest BCUT2D eigenvalue weighted by atomic mass is 10.1. The maximum atomic E-state index is 11.6. The highest BCUT2D eigenvalue weighted by Gasteiger charge is 2.08. The molecule has 1 aromatic heterocycles. The van der Waals surface area contributed by atoms with Gasteiger partial charge in [0, 0.05) is 12.6 Å². The van der Waals surface area contributed by atoms with E-state index in [1.54, 1.807) is 20.2 Å². The van der Waals surface area contributed by atoms with Gasteiger partial charge in [0.05, 0.1) is 12.8 Å². The largest absolute Gasteiger partial charge is 0.496 e. The van der Waals surface area contributed by atoms with Crippen molar-refractivity contribution in [3.63, 3.8) is 0 Å². The van der Waals surface area contributed by atoms with Crippen molar-refractivity contribution in [3.8, 4) is 17.0 Å². The second-order valence-electron chi connectivity index (χ2n) is 3.58. The average Bonchev–Trinajstić information content (AvgIpc) is 2.33. The number of aromatic nitrogens is 2. The van der Waals surface area contributed by atoms with E-state index in [0.29, 0.717) is 10.4 Å². The van der Waals surface area contributed by atoms with Crippen LogP contribution in [0.25, 0.3) is 11.3 Å². The molecule has 2 aromatic rings. The van der Waals surface area contributed by atoms with E-state index in [1.807, 2.05) is 24.3 Å². The third kappa shape index (κ3) is 2.14. The summed E-state index contributed by atoms with van der Waals surface area (Å²) in [7, 11) is 3.29. The van der Waals surface area contributed by atoms with Gasteiger partial charge in [0.2, 0.25) is 0 Å². The number of ether oxygens (including phenoxy) is 1. The van der Waals surface area contributed by atoms with Crippen LogP contribution in [0.2, 0.25) is 0 Å². The number of hydrogen-bond donors (Lipinski definition) is 1. The lowest BCUT2D eigenvalue weighted by Crippen LogP contribution is -2.21. The van der Waals surface area contributed by atoms with Gasteiger partial charge >= 0.3 is 5.69 Å². The maximum Gasteiger partial charge on any atom is 0.326 e. The standard InChI is InChI=1S/C12H12N2O2S/c1-14-9(7-11(17)13-12(14)15)8-5-3-4-6-10(8)16-2/h3-7H,1-2H3,(H,13,15,17). The molecule has 0 aliphatic rings. The predicted octanol–water partition coefficient (Wildman–Crippen LogP) is 2.12. The zero-order valence-corrected chi connectivity index (χ0v) is 10.4. The van der Waals surface area contributed by atoms with Crippen LogP contribution in [-0.2, 0) is 7.05 Å². The van der Waals surface area contributed by atoms with Crippen molar-refractivity contribution in [1.29, 1.82) is 0 Å². The van der Waals surface area contributed by atoms with Crippen LogP contribution in [0.5, 0.6) is 5.75 Å². The number of rotatable bonds is 2. The molecule has 0 fully saturated rings. The first-order chi connectivity index (χ1) is 8.13. The fraction of sp³-hybridized carbons (Fsp3) is 0.167. The fourth-order valence-corrected chi connectivity index (χ4v) is 1.87. The molecule has 1 aromatic carbocycles. The zero-order valence-electron chi connectivity index (χ0n) is 9.56. The van der Waals surface area contributed by atoms with Crippen molar-refractivity contribution in [2.45, 2.75) is 0 Å². The van der Waals surface area contributed by atoms with Crippen molar-refractivity contribution in [3.05, 3.63) is 45.5 Å². The van der Waals surface area contributed by atoms with Crippen molar-refractivity contribution in [2.75, 3.05) is 7.11 Å². The van der Waals surface area contributed by atoms with Crippen LogP contribution >= 0.6 is 12.2 Å². The molecule has 4 nitrogen and oxygen atoms in total. The molecular formula is C12H12N2O2S. The Morgan fingerprint density at radius 1 is 1.35 bits per heavy atom. The molecule has 0 unspecified atom stereocenters. The van der Waals surface area contributed by atoms with Gasteiger partial charge < -0.3 is 4.74 Å². The Morgan fingerprint density at radius 3 is 2.76 bits per heavy atom. The first-order valence-corrected chi connectivity index (χ1v) is 5.48. The van der Waals surface area contributed by atoms with Gasteiger partial charge in [-0.2, -0.15) is 0 Å². The molecule has 0 radical (unpaired) electrons. The summed E-state index contributed by atoms with van der Waals surface area (Å²) in [5.74, 6) is 0.711. The molecule has 17 heavy (non-hydrogen) atoms. The van der Waals surface area contributed by atoms with Crippen LogP contribution < -0.4 is 10.4 Å². The molecule has 0 saturated carbocycles. The summed E-state index contributed by atoms with van der Waals surface area (Å²) in [6.45, 7) is 0. The van der Waals surface area contributed by atoms with Crippen LogP contribution in [0.1, 0.15) is 0 Å². The summed E-state index contributed by atoms with van der Waals surface area (Å²) < 4.78 is 7.19. The highest BCUT2D eigenvalue weighted by Crippen LogP contribution is 2.27. The Hall–Kier alpha value is -1.88. The second kappa shape index (κ2) is 4.55. The molecule has 0 amide bonds. The quantitative estimate of drug-likeness (QED) is 0.828. The first-order valence-electron chi connectivity index (χ1n) is 5.07. The van der Waals surface area contributed by atoms with Crippen molar-refractivity contribution >= 4 is 12.2 Å². The summed E-state index contributed by atoms with van der Waals surface area (Å²) >= 11 is 5.02. The van der Waals surface area contributed by atoms with E-state index in [1.165, 1.54) is 4.57 Å². The third-order valence-electron chi connectivity index (χ3n) is 2.55. The SMILES string of the molecule is COc1ccccc1-c1cc(=S)[nH]c(=O)n1C. The number of H-pyrrole nitrogens is 1. The Kier molecular flexibility index (Phi) is 3.10. The highest BCUT2D eigenvalue weighted by atomic mass is 32.1. The van der Waals surface area contributed by atoms with E-state index >= 15 is 0 Å². The molecule has 1 N–H and O–H groups in total. The second-order valence-corrected chi connectivity index (χ2v) is 4.02. The van der Waals surface area contributed by atoms with E-state index in [4.69, 9.17) is 17.0 Å². The van der Waals surface area contributed by atoms with E-state index < -0.39 is 0 Å². The summed E-state index contributed by atoms with van der Waals surface area (Å²) in [4.78, 5) is 14.2. The number of hydrogen-bond acceptors (Lipinski definition) is 3. The number of methoxy groups -OCH3 is 1. The van der Waals surface area contributed by atoms with Gasteiger partial charge in [-0.15, -0.1) is 0 Å². The minimum absolute atomic E-state index is 0.238. The van der Waals surface area contributed by atoms with Crippen molar-refractivity contribution < 1.29 is 4.74 Å². The Morgan fingerprint density at radius 2 is 2.06 bits per heavy atom. The van der Waals surface area contributed by atoms with E-state index in [9.17, 15) is 4.79 Å². The van der Waals surface area contributed by atoms with Gasteiger partial charge in [0.15, 0.2) is 0 Å². The lowest BCUT2D eigenvalue weighted by Gasteiger charge is -2.11. The number of aromatic amines is 1. The number of nitrogens with zero attached hydrogens (tertiary/aromatic N) is 1. The van der Waals surface area contributed by atoms with E-state index in [-0.39, 0.29) is 5.69 Å².